The van der Waals surface area contributed by atoms with Crippen LogP contribution in [0.4, 0.5) is 8.78 Å². The molecule has 6 nitrogen and oxygen atoms in total. The molecule has 142 valence electrons. The fourth-order valence-electron chi connectivity index (χ4n) is 2.26. The number of alkyl halides is 2. The Morgan fingerprint density at radius 3 is 2.73 bits per heavy atom. The second kappa shape index (κ2) is 9.91. The summed E-state index contributed by atoms with van der Waals surface area (Å²) in [5.74, 6) is 0.878. The van der Waals surface area contributed by atoms with Crippen molar-refractivity contribution in [3.63, 3.8) is 0 Å². The Hall–Kier alpha value is -2.42. The third-order valence-electron chi connectivity index (χ3n) is 3.47. The third kappa shape index (κ3) is 6.14. The topological polar surface area (TPSA) is 67.8 Å². The second-order valence-corrected chi connectivity index (χ2v) is 6.39. The number of guanidine groups is 1. The number of halogens is 2. The first-order valence-corrected chi connectivity index (χ1v) is 8.87. The molecule has 2 rings (SSSR count). The second-order valence-electron chi connectivity index (χ2n) is 5.32. The van der Waals surface area contributed by atoms with Crippen LogP contribution >= 0.6 is 11.3 Å². The molecule has 0 radical (unpaired) electrons. The summed E-state index contributed by atoms with van der Waals surface area (Å²) in [5, 5.41) is 9.41. The molecule has 1 heterocycles. The lowest BCUT2D eigenvalue weighted by molar-refractivity contribution is -0.0512. The molecule has 0 saturated heterocycles. The maximum Gasteiger partial charge on any atom is 0.387 e. The van der Waals surface area contributed by atoms with Crippen LogP contribution in [-0.4, -0.2) is 38.3 Å². The van der Waals surface area contributed by atoms with Crippen molar-refractivity contribution >= 4 is 17.3 Å². The van der Waals surface area contributed by atoms with Gasteiger partial charge in [0.25, 0.3) is 0 Å². The Bertz CT molecular complexity index is 737. The van der Waals surface area contributed by atoms with Crippen LogP contribution in [0.25, 0.3) is 0 Å². The quantitative estimate of drug-likeness (QED) is 0.541. The number of hydrogen-bond acceptors (Lipinski definition) is 5. The molecular weight excluding hydrogens is 362 g/mol. The van der Waals surface area contributed by atoms with Gasteiger partial charge in [0, 0.05) is 31.9 Å². The third-order valence-corrected chi connectivity index (χ3v) is 4.29. The van der Waals surface area contributed by atoms with Crippen molar-refractivity contribution in [1.82, 2.24) is 15.6 Å². The molecule has 0 unspecified atom stereocenters. The van der Waals surface area contributed by atoms with E-state index in [1.54, 1.807) is 30.5 Å². The lowest BCUT2D eigenvalue weighted by Crippen LogP contribution is -2.37. The van der Waals surface area contributed by atoms with Crippen LogP contribution in [0.3, 0.4) is 0 Å². The van der Waals surface area contributed by atoms with Crippen molar-refractivity contribution in [1.29, 1.82) is 0 Å². The zero-order chi connectivity index (χ0) is 18.9. The molecule has 1 aromatic heterocycles. The van der Waals surface area contributed by atoms with E-state index in [4.69, 9.17) is 4.74 Å². The predicted molar refractivity (Wildman–Crippen MR) is 98.4 cm³/mol. The van der Waals surface area contributed by atoms with E-state index in [-0.39, 0.29) is 11.5 Å². The van der Waals surface area contributed by atoms with Crippen LogP contribution in [0, 0.1) is 6.92 Å². The van der Waals surface area contributed by atoms with Crippen LogP contribution in [0.1, 0.15) is 16.3 Å². The van der Waals surface area contributed by atoms with Gasteiger partial charge in [-0.1, -0.05) is 6.07 Å². The van der Waals surface area contributed by atoms with Crippen LogP contribution in [-0.2, 0) is 13.0 Å². The molecule has 0 saturated carbocycles. The van der Waals surface area contributed by atoms with Gasteiger partial charge in [-0.2, -0.15) is 8.78 Å². The highest BCUT2D eigenvalue weighted by Gasteiger charge is 2.11. The first-order chi connectivity index (χ1) is 12.5. The average Bonchev–Trinajstić information content (AvgIpc) is 3.03. The zero-order valence-electron chi connectivity index (χ0n) is 14.9. The molecule has 2 N–H and O–H groups in total. The predicted octanol–water partition coefficient (Wildman–Crippen LogP) is 2.97. The van der Waals surface area contributed by atoms with Crippen LogP contribution in [0.15, 0.2) is 28.6 Å². The van der Waals surface area contributed by atoms with Gasteiger partial charge in [-0.3, -0.25) is 4.99 Å². The summed E-state index contributed by atoms with van der Waals surface area (Å²) < 4.78 is 34.5. The molecule has 0 bridgehead atoms. The van der Waals surface area contributed by atoms with Gasteiger partial charge < -0.3 is 20.1 Å². The Labute approximate surface area is 155 Å². The van der Waals surface area contributed by atoms with Gasteiger partial charge >= 0.3 is 6.61 Å². The highest BCUT2D eigenvalue weighted by Crippen LogP contribution is 2.29. The number of benzene rings is 1. The summed E-state index contributed by atoms with van der Waals surface area (Å²) in [7, 11) is 3.07. The molecule has 0 atom stereocenters. The molecule has 26 heavy (non-hydrogen) atoms. The van der Waals surface area contributed by atoms with E-state index in [0.717, 1.165) is 22.7 Å². The molecule has 0 spiro atoms. The van der Waals surface area contributed by atoms with Crippen molar-refractivity contribution in [2.75, 3.05) is 20.7 Å². The van der Waals surface area contributed by atoms with Crippen molar-refractivity contribution in [2.45, 2.75) is 26.5 Å². The summed E-state index contributed by atoms with van der Waals surface area (Å²) in [5.41, 5.74) is 1.80. The molecule has 0 fully saturated rings. The smallest absolute Gasteiger partial charge is 0.387 e. The lowest BCUT2D eigenvalue weighted by Gasteiger charge is -2.14. The number of aromatic nitrogens is 1. The number of thiazole rings is 1. The van der Waals surface area contributed by atoms with Gasteiger partial charge in [0.05, 0.1) is 17.8 Å². The molecule has 0 aliphatic rings. The van der Waals surface area contributed by atoms with Gasteiger partial charge in [-0.25, -0.2) is 4.98 Å². The van der Waals surface area contributed by atoms with E-state index >= 15 is 0 Å². The Balaban J connectivity index is 1.87. The minimum atomic E-state index is -2.91. The first kappa shape index (κ1) is 19.9. The van der Waals surface area contributed by atoms with Gasteiger partial charge in [0.2, 0.25) is 0 Å². The molecule has 0 aliphatic heterocycles. The molecule has 0 amide bonds. The highest BCUT2D eigenvalue weighted by molar-refractivity contribution is 7.09. The number of methoxy groups -OCH3 is 1. The van der Waals surface area contributed by atoms with Crippen LogP contribution in [0.5, 0.6) is 11.5 Å². The first-order valence-electron chi connectivity index (χ1n) is 7.99. The van der Waals surface area contributed by atoms with E-state index in [0.29, 0.717) is 19.0 Å². The van der Waals surface area contributed by atoms with Crippen molar-refractivity contribution in [2.24, 2.45) is 4.99 Å². The molecule has 9 heteroatoms. The summed E-state index contributed by atoms with van der Waals surface area (Å²) in [6, 6.07) is 4.88. The van der Waals surface area contributed by atoms with Crippen LogP contribution < -0.4 is 20.1 Å². The number of rotatable bonds is 8. The van der Waals surface area contributed by atoms with E-state index in [1.807, 2.05) is 12.3 Å². The maximum atomic E-state index is 12.5. The van der Waals surface area contributed by atoms with E-state index in [9.17, 15) is 8.78 Å². The molecule has 2 aromatic rings. The van der Waals surface area contributed by atoms with Crippen molar-refractivity contribution < 1.29 is 18.3 Å². The van der Waals surface area contributed by atoms with E-state index in [1.165, 1.54) is 13.2 Å². The summed E-state index contributed by atoms with van der Waals surface area (Å²) in [6.07, 6.45) is 0.792. The standard InChI is InChI=1S/C17H22F2N4O2S/c1-11-23-13(10-26-11)6-7-21-17(20-2)22-9-12-4-5-14(24-3)15(8-12)25-16(18)19/h4-5,8,10,16H,6-7,9H2,1-3H3,(H2,20,21,22). The van der Waals surface area contributed by atoms with Crippen LogP contribution in [0.2, 0.25) is 0 Å². The lowest BCUT2D eigenvalue weighted by atomic mass is 10.2. The van der Waals surface area contributed by atoms with Crippen molar-refractivity contribution in [3.8, 4) is 11.5 Å². The van der Waals surface area contributed by atoms with Gasteiger partial charge in [-0.15, -0.1) is 11.3 Å². The van der Waals surface area contributed by atoms with E-state index in [2.05, 4.69) is 25.3 Å². The average molecular weight is 384 g/mol. The largest absolute Gasteiger partial charge is 0.493 e. The summed E-state index contributed by atoms with van der Waals surface area (Å²) in [4.78, 5) is 8.55. The highest BCUT2D eigenvalue weighted by atomic mass is 32.1. The van der Waals surface area contributed by atoms with Crippen molar-refractivity contribution in [3.05, 3.63) is 39.8 Å². The van der Waals surface area contributed by atoms with Gasteiger partial charge in [-0.05, 0) is 24.6 Å². The summed E-state index contributed by atoms with van der Waals surface area (Å²) >= 11 is 1.62. The Kier molecular flexibility index (Phi) is 7.58. The minimum absolute atomic E-state index is 0.00338. The number of ether oxygens (including phenoxy) is 2. The summed E-state index contributed by atoms with van der Waals surface area (Å²) in [6.45, 7) is 0.156. The Morgan fingerprint density at radius 2 is 2.12 bits per heavy atom. The number of hydrogen-bond donors (Lipinski definition) is 2. The number of aryl methyl sites for hydroxylation is 1. The number of nitrogens with one attached hydrogen (secondary N) is 2. The zero-order valence-corrected chi connectivity index (χ0v) is 15.7. The fourth-order valence-corrected chi connectivity index (χ4v) is 2.90. The molecular formula is C17H22F2N4O2S. The van der Waals surface area contributed by atoms with Gasteiger partial charge in [0.1, 0.15) is 0 Å². The molecule has 1 aromatic carbocycles. The number of nitrogens with zero attached hydrogens (tertiary/aromatic N) is 2. The minimum Gasteiger partial charge on any atom is -0.493 e. The van der Waals surface area contributed by atoms with Gasteiger partial charge in [0.15, 0.2) is 17.5 Å². The molecule has 0 aliphatic carbocycles. The maximum absolute atomic E-state index is 12.5. The monoisotopic (exact) mass is 384 g/mol. The van der Waals surface area contributed by atoms with E-state index < -0.39 is 6.61 Å². The Morgan fingerprint density at radius 1 is 1.31 bits per heavy atom. The normalized spacial score (nSPS) is 11.5. The number of aliphatic imine (C=N–C) groups is 1. The fraction of sp³-hybridized carbons (Fsp3) is 0.412. The SMILES string of the molecule is CN=C(NCCc1csc(C)n1)NCc1ccc(OC)c(OC(F)F)c1.